The van der Waals surface area contributed by atoms with Crippen LogP contribution in [-0.2, 0) is 9.53 Å². The topological polar surface area (TPSA) is 87.3 Å². The Balaban J connectivity index is 1.51. The van der Waals surface area contributed by atoms with Gasteiger partial charge in [-0.1, -0.05) is 13.8 Å². The van der Waals surface area contributed by atoms with Crippen molar-refractivity contribution < 1.29 is 14.3 Å². The normalized spacial score (nSPS) is 22.0. The molecule has 7 nitrogen and oxygen atoms in total. The summed E-state index contributed by atoms with van der Waals surface area (Å²) in [5, 5.41) is 10.1. The van der Waals surface area contributed by atoms with E-state index in [0.717, 1.165) is 25.0 Å². The molecule has 24 heavy (non-hydrogen) atoms. The maximum atomic E-state index is 12.5. The van der Waals surface area contributed by atoms with E-state index in [0.29, 0.717) is 31.1 Å². The molecule has 2 N–H and O–H groups in total. The van der Waals surface area contributed by atoms with Crippen LogP contribution < -0.4 is 5.32 Å². The van der Waals surface area contributed by atoms with Gasteiger partial charge >= 0.3 is 0 Å². The van der Waals surface area contributed by atoms with Gasteiger partial charge in [-0.05, 0) is 31.2 Å². The third-order valence-electron chi connectivity index (χ3n) is 5.00. The summed E-state index contributed by atoms with van der Waals surface area (Å²) in [5.41, 5.74) is 1.17. The van der Waals surface area contributed by atoms with Gasteiger partial charge in [-0.3, -0.25) is 14.7 Å². The number of nitrogens with zero attached hydrogens (tertiary/aromatic N) is 2. The van der Waals surface area contributed by atoms with E-state index in [1.165, 1.54) is 0 Å². The van der Waals surface area contributed by atoms with Gasteiger partial charge in [0.15, 0.2) is 0 Å². The van der Waals surface area contributed by atoms with Gasteiger partial charge in [0.25, 0.3) is 5.91 Å². The standard InChI is InChI=1S/C17H26N4O3/c1-11(2)13-8-14(20-19-13)16(23)21-7-4-12(10-21)18-15(22)9-17(24-3)5-6-17/h8,11-12H,4-7,9-10H2,1-3H3,(H,18,22)(H,19,20). The molecular weight excluding hydrogens is 308 g/mol. The summed E-state index contributed by atoms with van der Waals surface area (Å²) >= 11 is 0. The number of amides is 2. The van der Waals surface area contributed by atoms with Crippen LogP contribution in [0, 0.1) is 0 Å². The highest BCUT2D eigenvalue weighted by Gasteiger charge is 2.45. The van der Waals surface area contributed by atoms with Gasteiger partial charge in [0.1, 0.15) is 5.69 Å². The van der Waals surface area contributed by atoms with Crippen LogP contribution in [0.5, 0.6) is 0 Å². The van der Waals surface area contributed by atoms with Crippen molar-refractivity contribution in [3.8, 4) is 0 Å². The lowest BCUT2D eigenvalue weighted by atomic mass is 10.1. The lowest BCUT2D eigenvalue weighted by molar-refractivity contribution is -0.124. The Kier molecular flexibility index (Phi) is 4.62. The smallest absolute Gasteiger partial charge is 0.274 e. The highest BCUT2D eigenvalue weighted by atomic mass is 16.5. The summed E-state index contributed by atoms with van der Waals surface area (Å²) in [6, 6.07) is 1.83. The number of carbonyl (C=O) groups excluding carboxylic acids is 2. The van der Waals surface area contributed by atoms with Crippen LogP contribution in [0.3, 0.4) is 0 Å². The molecule has 1 unspecified atom stereocenters. The zero-order valence-corrected chi connectivity index (χ0v) is 14.6. The zero-order chi connectivity index (χ0) is 17.3. The number of methoxy groups -OCH3 is 1. The lowest BCUT2D eigenvalue weighted by Crippen LogP contribution is -2.40. The molecule has 0 bridgehead atoms. The van der Waals surface area contributed by atoms with E-state index in [1.807, 2.05) is 6.07 Å². The summed E-state index contributed by atoms with van der Waals surface area (Å²) in [6.45, 7) is 5.28. The van der Waals surface area contributed by atoms with Crippen molar-refractivity contribution in [1.29, 1.82) is 0 Å². The summed E-state index contributed by atoms with van der Waals surface area (Å²) < 4.78 is 5.39. The first-order valence-electron chi connectivity index (χ1n) is 8.61. The number of hydrogen-bond acceptors (Lipinski definition) is 4. The van der Waals surface area contributed by atoms with Gasteiger partial charge in [-0.25, -0.2) is 0 Å². The zero-order valence-electron chi connectivity index (χ0n) is 14.6. The molecule has 2 fully saturated rings. The number of rotatable bonds is 6. The van der Waals surface area contributed by atoms with Crippen LogP contribution in [-0.4, -0.2) is 58.8 Å². The van der Waals surface area contributed by atoms with E-state index < -0.39 is 0 Å². The van der Waals surface area contributed by atoms with Gasteiger partial charge in [0, 0.05) is 31.9 Å². The molecular formula is C17H26N4O3. The predicted molar refractivity (Wildman–Crippen MR) is 88.7 cm³/mol. The molecule has 0 aromatic carbocycles. The van der Waals surface area contributed by atoms with Crippen molar-refractivity contribution in [1.82, 2.24) is 20.4 Å². The monoisotopic (exact) mass is 334 g/mol. The average molecular weight is 334 g/mol. The molecule has 2 aliphatic rings. The molecule has 1 saturated heterocycles. The van der Waals surface area contributed by atoms with Gasteiger partial charge in [-0.15, -0.1) is 0 Å². The summed E-state index contributed by atoms with van der Waals surface area (Å²) in [4.78, 5) is 26.4. The van der Waals surface area contributed by atoms with E-state index in [9.17, 15) is 9.59 Å². The Morgan fingerprint density at radius 1 is 1.50 bits per heavy atom. The third-order valence-corrected chi connectivity index (χ3v) is 5.00. The van der Waals surface area contributed by atoms with E-state index in [4.69, 9.17) is 4.74 Å². The number of carbonyl (C=O) groups is 2. The largest absolute Gasteiger partial charge is 0.378 e. The van der Waals surface area contributed by atoms with E-state index >= 15 is 0 Å². The van der Waals surface area contributed by atoms with Crippen LogP contribution >= 0.6 is 0 Å². The Labute approximate surface area is 142 Å². The van der Waals surface area contributed by atoms with Crippen LogP contribution in [0.1, 0.15) is 61.6 Å². The van der Waals surface area contributed by atoms with Gasteiger partial charge in [0.05, 0.1) is 12.0 Å². The first kappa shape index (κ1) is 17.0. The molecule has 1 atom stereocenters. The van der Waals surface area contributed by atoms with Crippen LogP contribution in [0.25, 0.3) is 0 Å². The third kappa shape index (κ3) is 3.61. The highest BCUT2D eigenvalue weighted by Crippen LogP contribution is 2.41. The minimum atomic E-state index is -0.236. The van der Waals surface area contributed by atoms with Crippen molar-refractivity contribution >= 4 is 11.8 Å². The molecule has 2 amide bonds. The number of hydrogen-bond donors (Lipinski definition) is 2. The van der Waals surface area contributed by atoms with Crippen LogP contribution in [0.15, 0.2) is 6.07 Å². The second kappa shape index (κ2) is 6.55. The van der Waals surface area contributed by atoms with Crippen LogP contribution in [0.4, 0.5) is 0 Å². The molecule has 0 spiro atoms. The SMILES string of the molecule is COC1(CC(=O)NC2CCN(C(=O)c3cc(C(C)C)[nH]n3)C2)CC1. The van der Waals surface area contributed by atoms with Gasteiger partial charge in [-0.2, -0.15) is 5.10 Å². The average Bonchev–Trinajstić information content (AvgIpc) is 2.98. The first-order valence-corrected chi connectivity index (χ1v) is 8.61. The summed E-state index contributed by atoms with van der Waals surface area (Å²) in [7, 11) is 1.66. The fourth-order valence-corrected chi connectivity index (χ4v) is 3.13. The van der Waals surface area contributed by atoms with Crippen molar-refractivity contribution in [2.75, 3.05) is 20.2 Å². The molecule has 1 aromatic rings. The molecule has 1 aromatic heterocycles. The molecule has 0 radical (unpaired) electrons. The molecule has 2 heterocycles. The van der Waals surface area contributed by atoms with Crippen LogP contribution in [0.2, 0.25) is 0 Å². The molecule has 3 rings (SSSR count). The Morgan fingerprint density at radius 2 is 2.25 bits per heavy atom. The molecule has 132 valence electrons. The Hall–Kier alpha value is -1.89. The highest BCUT2D eigenvalue weighted by molar-refractivity contribution is 5.92. The number of H-pyrrole nitrogens is 1. The predicted octanol–water partition coefficient (Wildman–Crippen LogP) is 1.43. The van der Waals surface area contributed by atoms with E-state index in [-0.39, 0.29) is 23.5 Å². The maximum Gasteiger partial charge on any atom is 0.274 e. The molecule has 7 heteroatoms. The second-order valence-corrected chi connectivity index (χ2v) is 7.23. The van der Waals surface area contributed by atoms with E-state index in [1.54, 1.807) is 12.0 Å². The molecule has 1 aliphatic heterocycles. The van der Waals surface area contributed by atoms with Crippen molar-refractivity contribution in [3.63, 3.8) is 0 Å². The first-order chi connectivity index (χ1) is 11.4. The number of aromatic nitrogens is 2. The quantitative estimate of drug-likeness (QED) is 0.824. The summed E-state index contributed by atoms with van der Waals surface area (Å²) in [6.07, 6.45) is 3.08. The lowest BCUT2D eigenvalue weighted by Gasteiger charge is -2.18. The van der Waals surface area contributed by atoms with Gasteiger partial charge < -0.3 is 15.0 Å². The van der Waals surface area contributed by atoms with E-state index in [2.05, 4.69) is 29.4 Å². The van der Waals surface area contributed by atoms with Crippen molar-refractivity contribution in [3.05, 3.63) is 17.5 Å². The maximum absolute atomic E-state index is 12.5. The number of nitrogens with one attached hydrogen (secondary N) is 2. The number of ether oxygens (including phenoxy) is 1. The second-order valence-electron chi connectivity index (χ2n) is 7.23. The Bertz CT molecular complexity index is 621. The molecule has 1 saturated carbocycles. The minimum Gasteiger partial charge on any atom is -0.378 e. The number of aromatic amines is 1. The number of likely N-dealkylation sites (tertiary alicyclic amines) is 1. The van der Waals surface area contributed by atoms with Gasteiger partial charge in [0.2, 0.25) is 5.91 Å². The minimum absolute atomic E-state index is 0.00973. The van der Waals surface area contributed by atoms with Crippen molar-refractivity contribution in [2.45, 2.75) is 57.1 Å². The fraction of sp³-hybridized carbons (Fsp3) is 0.706. The summed E-state index contributed by atoms with van der Waals surface area (Å²) in [5.74, 6) is 0.237. The fourth-order valence-electron chi connectivity index (χ4n) is 3.13. The Morgan fingerprint density at radius 3 is 2.83 bits per heavy atom. The van der Waals surface area contributed by atoms with Crippen molar-refractivity contribution in [2.24, 2.45) is 0 Å². The molecule has 1 aliphatic carbocycles.